The van der Waals surface area contributed by atoms with Crippen molar-refractivity contribution < 1.29 is 0 Å². The first kappa shape index (κ1) is 11.4. The van der Waals surface area contributed by atoms with E-state index in [1.165, 1.54) is 12.6 Å². The molecule has 0 saturated carbocycles. The van der Waals surface area contributed by atoms with Crippen LogP contribution in [0.15, 0.2) is 0 Å². The molecular formula is C8H23NSi2. The smallest absolute Gasteiger partial charge is 0.108 e. The van der Waals surface area contributed by atoms with Crippen LogP contribution in [-0.4, -0.2) is 34.2 Å². The molecule has 11 heavy (non-hydrogen) atoms. The van der Waals surface area contributed by atoms with Gasteiger partial charge >= 0.3 is 0 Å². The van der Waals surface area contributed by atoms with E-state index in [1.54, 1.807) is 0 Å². The summed E-state index contributed by atoms with van der Waals surface area (Å²) < 4.78 is 2.62. The zero-order valence-corrected chi connectivity index (χ0v) is 11.1. The third-order valence-corrected chi connectivity index (χ3v) is 19.0. The summed E-state index contributed by atoms with van der Waals surface area (Å²) in [5.74, 6) is 0. The lowest BCUT2D eigenvalue weighted by atomic mass is 10.8. The summed E-state index contributed by atoms with van der Waals surface area (Å²) in [6.07, 6.45) is 0. The summed E-state index contributed by atoms with van der Waals surface area (Å²) in [7, 11) is 0.958. The fourth-order valence-electron chi connectivity index (χ4n) is 1.28. The predicted molar refractivity (Wildman–Crippen MR) is 59.3 cm³/mol. The van der Waals surface area contributed by atoms with Gasteiger partial charge in [0.2, 0.25) is 0 Å². The molecule has 0 fully saturated rings. The lowest BCUT2D eigenvalue weighted by molar-refractivity contribution is 0.548. The van der Waals surface area contributed by atoms with Crippen LogP contribution >= 0.6 is 0 Å². The van der Waals surface area contributed by atoms with Crippen molar-refractivity contribution in [3.8, 4) is 0 Å². The lowest BCUT2D eigenvalue weighted by Gasteiger charge is -2.37. The van der Waals surface area contributed by atoms with Gasteiger partial charge in [0, 0.05) is 8.31 Å². The van der Waals surface area contributed by atoms with E-state index in [0.29, 0.717) is 0 Å². The summed E-state index contributed by atoms with van der Waals surface area (Å²) in [6.45, 7) is 13.4. The minimum absolute atomic E-state index is 0.401. The van der Waals surface area contributed by atoms with Gasteiger partial charge in [-0.3, -0.25) is 0 Å². The zero-order chi connectivity index (χ0) is 9.07. The van der Waals surface area contributed by atoms with Crippen molar-refractivity contribution in [2.45, 2.75) is 39.5 Å². The average Bonchev–Trinajstić information content (AvgIpc) is 2.01. The Morgan fingerprint density at radius 3 is 2.00 bits per heavy atom. The second-order valence-corrected chi connectivity index (χ2v) is 17.9. The Balaban J connectivity index is 4.18. The Morgan fingerprint density at radius 1 is 1.27 bits per heavy atom. The number of rotatable bonds is 4. The zero-order valence-electron chi connectivity index (χ0n) is 8.94. The van der Waals surface area contributed by atoms with Gasteiger partial charge in [0.15, 0.2) is 0 Å². The molecule has 1 nitrogen and oxygen atoms in total. The molecule has 0 heterocycles. The second-order valence-electron chi connectivity index (χ2n) is 3.98. The van der Waals surface area contributed by atoms with E-state index < -0.39 is 16.1 Å². The van der Waals surface area contributed by atoms with E-state index in [-0.39, 0.29) is 0 Å². The lowest BCUT2D eigenvalue weighted by Crippen LogP contribution is -2.56. The van der Waals surface area contributed by atoms with Crippen LogP contribution in [0.5, 0.6) is 0 Å². The van der Waals surface area contributed by atoms with E-state index in [4.69, 9.17) is 0 Å². The van der Waals surface area contributed by atoms with E-state index in [0.717, 1.165) is 0 Å². The van der Waals surface area contributed by atoms with Crippen LogP contribution < -0.4 is 0 Å². The normalized spacial score (nSPS) is 15.5. The first-order valence-electron chi connectivity index (χ1n) is 4.68. The fourth-order valence-corrected chi connectivity index (χ4v) is 9.65. The third-order valence-electron chi connectivity index (χ3n) is 3.28. The van der Waals surface area contributed by atoms with Gasteiger partial charge < -0.3 is 4.57 Å². The predicted octanol–water partition coefficient (Wildman–Crippen LogP) is 2.10. The van der Waals surface area contributed by atoms with Gasteiger partial charge in [0.25, 0.3) is 0 Å². The highest BCUT2D eigenvalue weighted by molar-refractivity contribution is 7.30. The van der Waals surface area contributed by atoms with Gasteiger partial charge in [-0.2, -0.15) is 0 Å². The molecule has 0 spiro atoms. The van der Waals surface area contributed by atoms with Crippen molar-refractivity contribution in [1.29, 1.82) is 0 Å². The molecule has 0 aliphatic carbocycles. The summed E-state index contributed by atoms with van der Waals surface area (Å²) in [4.78, 5) is 0. The number of hydrogen-bond acceptors (Lipinski definition) is 1. The molecule has 3 heteroatoms. The average molecular weight is 189 g/mol. The molecular weight excluding hydrogens is 166 g/mol. The highest BCUT2D eigenvalue weighted by atomic mass is 29.2. The summed E-state index contributed by atoms with van der Waals surface area (Å²) in [5, 5.41) is 0. The van der Waals surface area contributed by atoms with Crippen molar-refractivity contribution in [2.75, 3.05) is 13.6 Å². The molecule has 0 N–H and O–H groups in total. The van der Waals surface area contributed by atoms with Gasteiger partial charge in [-0.15, -0.1) is 0 Å². The third kappa shape index (κ3) is 2.72. The molecule has 0 aliphatic rings. The highest BCUT2D eigenvalue weighted by Gasteiger charge is 2.31. The molecule has 68 valence electrons. The van der Waals surface area contributed by atoms with Crippen molar-refractivity contribution in [2.24, 2.45) is 0 Å². The molecule has 0 rings (SSSR count). The molecule has 0 aromatic rings. The van der Waals surface area contributed by atoms with Gasteiger partial charge in [-0.05, 0) is 13.6 Å². The Kier molecular flexibility index (Phi) is 4.59. The first-order chi connectivity index (χ1) is 4.96. The summed E-state index contributed by atoms with van der Waals surface area (Å²) in [5.41, 5.74) is 0. The van der Waals surface area contributed by atoms with E-state index in [1.807, 2.05) is 0 Å². The van der Waals surface area contributed by atoms with Gasteiger partial charge in [0.05, 0.1) is 0 Å². The molecule has 0 aromatic carbocycles. The monoisotopic (exact) mass is 189 g/mol. The van der Waals surface area contributed by atoms with E-state index in [2.05, 4.69) is 45.1 Å². The SMILES string of the molecule is CCN(C)[Si](C)(C)[SiH](C)CC. The van der Waals surface area contributed by atoms with Crippen molar-refractivity contribution in [1.82, 2.24) is 4.57 Å². The van der Waals surface area contributed by atoms with E-state index in [9.17, 15) is 0 Å². The Morgan fingerprint density at radius 2 is 1.73 bits per heavy atom. The second kappa shape index (κ2) is 4.43. The van der Waals surface area contributed by atoms with Gasteiger partial charge in [-0.1, -0.05) is 39.5 Å². The van der Waals surface area contributed by atoms with Crippen molar-refractivity contribution in [3.63, 3.8) is 0 Å². The maximum atomic E-state index is 2.62. The van der Waals surface area contributed by atoms with Crippen molar-refractivity contribution >= 4 is 16.1 Å². The van der Waals surface area contributed by atoms with Gasteiger partial charge in [-0.25, -0.2) is 0 Å². The molecule has 0 radical (unpaired) electrons. The highest BCUT2D eigenvalue weighted by Crippen LogP contribution is 2.13. The molecule has 0 aromatic heterocycles. The Bertz CT molecular complexity index is 103. The topological polar surface area (TPSA) is 3.24 Å². The van der Waals surface area contributed by atoms with Crippen LogP contribution in [0.4, 0.5) is 0 Å². The first-order valence-corrected chi connectivity index (χ1v) is 11.4. The van der Waals surface area contributed by atoms with E-state index >= 15 is 0 Å². The Labute approximate surface area is 74.3 Å². The molecule has 0 bridgehead atoms. The van der Waals surface area contributed by atoms with Crippen LogP contribution in [0.1, 0.15) is 13.8 Å². The quantitative estimate of drug-likeness (QED) is 0.612. The number of nitrogens with zero attached hydrogens (tertiary/aromatic N) is 1. The molecule has 0 saturated heterocycles. The van der Waals surface area contributed by atoms with Crippen LogP contribution in [-0.2, 0) is 0 Å². The maximum absolute atomic E-state index is 2.62. The molecule has 0 amide bonds. The van der Waals surface area contributed by atoms with Gasteiger partial charge in [0.1, 0.15) is 7.75 Å². The molecule has 1 unspecified atom stereocenters. The minimum Gasteiger partial charge on any atom is -0.329 e. The number of hydrogen-bond donors (Lipinski definition) is 0. The largest absolute Gasteiger partial charge is 0.329 e. The standard InChI is InChI=1S/C8H23NSi2/c1-7-9(3)11(5,6)10(4)8-2/h10H,7-8H2,1-6H3. The Hall–Kier alpha value is 0.394. The van der Waals surface area contributed by atoms with Crippen LogP contribution in [0.25, 0.3) is 0 Å². The molecule has 1 atom stereocenters. The van der Waals surface area contributed by atoms with Crippen LogP contribution in [0.3, 0.4) is 0 Å². The van der Waals surface area contributed by atoms with Crippen LogP contribution in [0.2, 0.25) is 25.7 Å². The van der Waals surface area contributed by atoms with Crippen molar-refractivity contribution in [3.05, 3.63) is 0 Å². The summed E-state index contributed by atoms with van der Waals surface area (Å²) >= 11 is 0. The minimum atomic E-state index is -0.938. The maximum Gasteiger partial charge on any atom is 0.108 e. The molecule has 0 aliphatic heterocycles. The summed E-state index contributed by atoms with van der Waals surface area (Å²) in [6, 6.07) is 1.46. The van der Waals surface area contributed by atoms with Crippen LogP contribution in [0, 0.1) is 0 Å². The fraction of sp³-hybridized carbons (Fsp3) is 1.00.